The highest BCUT2D eigenvalue weighted by atomic mass is 32.1. The molecule has 2 nitrogen and oxygen atoms in total. The predicted molar refractivity (Wildman–Crippen MR) is 86.0 cm³/mol. The van der Waals surface area contributed by atoms with Crippen LogP contribution in [0.25, 0.3) is 11.3 Å². The van der Waals surface area contributed by atoms with Crippen molar-refractivity contribution in [1.29, 1.82) is 0 Å². The van der Waals surface area contributed by atoms with Crippen LogP contribution in [0.1, 0.15) is 10.6 Å². The van der Waals surface area contributed by atoms with E-state index in [4.69, 9.17) is 0 Å². The van der Waals surface area contributed by atoms with E-state index in [-0.39, 0.29) is 5.82 Å². The predicted octanol–water partition coefficient (Wildman–Crippen LogP) is 4.87. The first-order valence-corrected chi connectivity index (χ1v) is 7.60. The molecule has 0 radical (unpaired) electrons. The van der Waals surface area contributed by atoms with Crippen molar-refractivity contribution in [2.24, 2.45) is 0 Å². The minimum Gasteiger partial charge on any atom is -0.378 e. The monoisotopic (exact) mass is 298 g/mol. The number of thiazole rings is 1. The number of anilines is 1. The Hall–Kier alpha value is -2.20. The van der Waals surface area contributed by atoms with Crippen LogP contribution in [0, 0.1) is 12.7 Å². The number of aryl methyl sites for hydroxylation is 1. The normalized spacial score (nSPS) is 10.6. The van der Waals surface area contributed by atoms with Gasteiger partial charge in [-0.1, -0.05) is 36.4 Å². The van der Waals surface area contributed by atoms with Crippen molar-refractivity contribution >= 4 is 17.0 Å². The molecule has 21 heavy (non-hydrogen) atoms. The number of hydrogen-bond donors (Lipinski definition) is 1. The molecule has 0 amide bonds. The number of halogens is 1. The van der Waals surface area contributed by atoms with E-state index >= 15 is 0 Å². The molecule has 3 aromatic rings. The summed E-state index contributed by atoms with van der Waals surface area (Å²) in [6.45, 7) is 2.35. The summed E-state index contributed by atoms with van der Waals surface area (Å²) in [7, 11) is 0. The van der Waals surface area contributed by atoms with Gasteiger partial charge in [0.25, 0.3) is 0 Å². The molecule has 0 spiro atoms. The third-order valence-corrected chi connectivity index (χ3v) is 4.09. The Bertz CT molecular complexity index is 738. The lowest BCUT2D eigenvalue weighted by atomic mass is 10.2. The van der Waals surface area contributed by atoms with Crippen LogP contribution < -0.4 is 5.32 Å². The van der Waals surface area contributed by atoms with Gasteiger partial charge in [-0.15, -0.1) is 11.3 Å². The van der Waals surface area contributed by atoms with E-state index in [2.05, 4.69) is 10.3 Å². The third-order valence-electron chi connectivity index (χ3n) is 3.24. The lowest BCUT2D eigenvalue weighted by molar-refractivity contribution is 0.619. The standard InChI is InChI=1S/C17H15FN2S/c1-12-7-8-14(9-15(12)18)19-10-17-20-16(11-21-17)13-5-3-2-4-6-13/h2-9,11,19H,10H2,1H3. The highest BCUT2D eigenvalue weighted by molar-refractivity contribution is 7.09. The molecular weight excluding hydrogens is 283 g/mol. The van der Waals surface area contributed by atoms with E-state index in [0.29, 0.717) is 12.1 Å². The second kappa shape index (κ2) is 6.06. The lowest BCUT2D eigenvalue weighted by Crippen LogP contribution is -1.99. The summed E-state index contributed by atoms with van der Waals surface area (Å²) in [5, 5.41) is 6.23. The van der Waals surface area contributed by atoms with Crippen molar-refractivity contribution in [3.63, 3.8) is 0 Å². The zero-order valence-electron chi connectivity index (χ0n) is 11.6. The second-order valence-corrected chi connectivity index (χ2v) is 5.75. The Morgan fingerprint density at radius 2 is 1.95 bits per heavy atom. The van der Waals surface area contributed by atoms with E-state index in [9.17, 15) is 4.39 Å². The molecule has 1 N–H and O–H groups in total. The van der Waals surface area contributed by atoms with Crippen molar-refractivity contribution in [2.45, 2.75) is 13.5 Å². The first-order valence-electron chi connectivity index (χ1n) is 6.72. The molecule has 0 aliphatic carbocycles. The summed E-state index contributed by atoms with van der Waals surface area (Å²) in [6, 6.07) is 15.2. The lowest BCUT2D eigenvalue weighted by Gasteiger charge is -2.05. The molecule has 0 aliphatic heterocycles. The van der Waals surface area contributed by atoms with Crippen LogP contribution >= 0.6 is 11.3 Å². The first kappa shape index (κ1) is 13.8. The number of nitrogens with one attached hydrogen (secondary N) is 1. The molecular formula is C17H15FN2S. The summed E-state index contributed by atoms with van der Waals surface area (Å²) in [6.07, 6.45) is 0. The molecule has 106 valence electrons. The van der Waals surface area contributed by atoms with Gasteiger partial charge in [-0.05, 0) is 24.6 Å². The van der Waals surface area contributed by atoms with Crippen LogP contribution in [0.5, 0.6) is 0 Å². The smallest absolute Gasteiger partial charge is 0.128 e. The van der Waals surface area contributed by atoms with Gasteiger partial charge in [-0.2, -0.15) is 0 Å². The molecule has 0 unspecified atom stereocenters. The molecule has 0 bridgehead atoms. The summed E-state index contributed by atoms with van der Waals surface area (Å²) >= 11 is 1.60. The number of aromatic nitrogens is 1. The molecule has 2 aromatic carbocycles. The fourth-order valence-electron chi connectivity index (χ4n) is 2.01. The molecule has 1 aromatic heterocycles. The van der Waals surface area contributed by atoms with Crippen molar-refractivity contribution in [3.05, 3.63) is 70.3 Å². The van der Waals surface area contributed by atoms with Gasteiger partial charge in [-0.3, -0.25) is 0 Å². The van der Waals surface area contributed by atoms with Gasteiger partial charge < -0.3 is 5.32 Å². The van der Waals surface area contributed by atoms with Crippen molar-refractivity contribution in [2.75, 3.05) is 5.32 Å². The van der Waals surface area contributed by atoms with Gasteiger partial charge in [-0.25, -0.2) is 9.37 Å². The highest BCUT2D eigenvalue weighted by Crippen LogP contribution is 2.22. The van der Waals surface area contributed by atoms with Gasteiger partial charge in [0.05, 0.1) is 12.2 Å². The van der Waals surface area contributed by atoms with E-state index in [1.807, 2.05) is 41.8 Å². The molecule has 4 heteroatoms. The van der Waals surface area contributed by atoms with Gasteiger partial charge in [0.15, 0.2) is 0 Å². The Kier molecular flexibility index (Phi) is 3.97. The van der Waals surface area contributed by atoms with Gasteiger partial charge in [0.1, 0.15) is 10.8 Å². The minimum atomic E-state index is -0.191. The van der Waals surface area contributed by atoms with Crippen LogP contribution in [0.2, 0.25) is 0 Å². The molecule has 1 heterocycles. The van der Waals surface area contributed by atoms with E-state index in [1.165, 1.54) is 6.07 Å². The number of benzene rings is 2. The van der Waals surface area contributed by atoms with Crippen molar-refractivity contribution in [3.8, 4) is 11.3 Å². The Balaban J connectivity index is 1.69. The maximum absolute atomic E-state index is 13.5. The van der Waals surface area contributed by atoms with E-state index < -0.39 is 0 Å². The Labute approximate surface area is 127 Å². The number of hydrogen-bond acceptors (Lipinski definition) is 3. The molecule has 0 saturated heterocycles. The molecule has 0 aliphatic rings. The maximum atomic E-state index is 13.5. The maximum Gasteiger partial charge on any atom is 0.128 e. The molecule has 0 saturated carbocycles. The van der Waals surface area contributed by atoms with Crippen LogP contribution in [0.4, 0.5) is 10.1 Å². The fourth-order valence-corrected chi connectivity index (χ4v) is 2.76. The van der Waals surface area contributed by atoms with Gasteiger partial charge in [0, 0.05) is 16.6 Å². The van der Waals surface area contributed by atoms with Gasteiger partial charge >= 0.3 is 0 Å². The topological polar surface area (TPSA) is 24.9 Å². The van der Waals surface area contributed by atoms with E-state index in [1.54, 1.807) is 24.3 Å². The second-order valence-electron chi connectivity index (χ2n) is 4.81. The third kappa shape index (κ3) is 3.28. The average molecular weight is 298 g/mol. The Morgan fingerprint density at radius 1 is 1.14 bits per heavy atom. The Morgan fingerprint density at radius 3 is 2.71 bits per heavy atom. The zero-order chi connectivity index (χ0) is 14.7. The summed E-state index contributed by atoms with van der Waals surface area (Å²) in [5.74, 6) is -0.191. The molecule has 0 fully saturated rings. The summed E-state index contributed by atoms with van der Waals surface area (Å²) < 4.78 is 13.5. The van der Waals surface area contributed by atoms with Crippen LogP contribution in [0.15, 0.2) is 53.9 Å². The van der Waals surface area contributed by atoms with Crippen molar-refractivity contribution in [1.82, 2.24) is 4.98 Å². The van der Waals surface area contributed by atoms with Crippen molar-refractivity contribution < 1.29 is 4.39 Å². The van der Waals surface area contributed by atoms with Crippen LogP contribution in [-0.2, 0) is 6.54 Å². The minimum absolute atomic E-state index is 0.191. The van der Waals surface area contributed by atoms with Gasteiger partial charge in [0.2, 0.25) is 0 Å². The largest absolute Gasteiger partial charge is 0.378 e. The van der Waals surface area contributed by atoms with Crippen LogP contribution in [0.3, 0.4) is 0 Å². The van der Waals surface area contributed by atoms with E-state index in [0.717, 1.165) is 22.0 Å². The molecule has 0 atom stereocenters. The zero-order valence-corrected chi connectivity index (χ0v) is 12.5. The van der Waals surface area contributed by atoms with Crippen LogP contribution in [-0.4, -0.2) is 4.98 Å². The summed E-state index contributed by atoms with van der Waals surface area (Å²) in [4.78, 5) is 4.60. The highest BCUT2D eigenvalue weighted by Gasteiger charge is 2.05. The fraction of sp³-hybridized carbons (Fsp3) is 0.118. The number of rotatable bonds is 4. The number of nitrogens with zero attached hydrogens (tertiary/aromatic N) is 1. The molecule has 3 rings (SSSR count). The quantitative estimate of drug-likeness (QED) is 0.743. The average Bonchev–Trinajstić information content (AvgIpc) is 2.98. The summed E-state index contributed by atoms with van der Waals surface area (Å²) in [5.41, 5.74) is 3.52. The SMILES string of the molecule is Cc1ccc(NCc2nc(-c3ccccc3)cs2)cc1F. The first-order chi connectivity index (χ1) is 10.2.